The Balaban J connectivity index is 2.88. The van der Waals surface area contributed by atoms with Crippen molar-refractivity contribution in [1.29, 1.82) is 0 Å². The van der Waals surface area contributed by atoms with Gasteiger partial charge in [-0.05, 0) is 42.4 Å². The van der Waals surface area contributed by atoms with Crippen molar-refractivity contribution in [3.05, 3.63) is 60.2 Å². The van der Waals surface area contributed by atoms with Gasteiger partial charge in [0.2, 0.25) is 0 Å². The summed E-state index contributed by atoms with van der Waals surface area (Å²) in [5.41, 5.74) is 2.52. The molecule has 1 rings (SSSR count). The number of unbranched alkanes of at least 4 members (excludes halogenated alkanes) is 1. The van der Waals surface area contributed by atoms with Crippen molar-refractivity contribution in [2.45, 2.75) is 45.3 Å². The first-order valence-electron chi connectivity index (χ1n) is 8.92. The van der Waals surface area contributed by atoms with Crippen molar-refractivity contribution in [2.75, 3.05) is 12.9 Å². The maximum Gasteiger partial charge on any atom is 0.122 e. The van der Waals surface area contributed by atoms with Gasteiger partial charge in [-0.15, -0.1) is 0 Å². The first-order valence-corrected chi connectivity index (χ1v) is 10.2. The van der Waals surface area contributed by atoms with Crippen molar-refractivity contribution in [1.82, 2.24) is 0 Å². The highest BCUT2D eigenvalue weighted by Crippen LogP contribution is 2.24. The number of hydrogen-bond donors (Lipinski definition) is 0. The molecule has 24 heavy (non-hydrogen) atoms. The van der Waals surface area contributed by atoms with E-state index < -0.39 is 0 Å². The van der Waals surface area contributed by atoms with Gasteiger partial charge in [-0.3, -0.25) is 0 Å². The van der Waals surface area contributed by atoms with Gasteiger partial charge in [0.1, 0.15) is 5.75 Å². The Hall–Kier alpha value is -1.41. The predicted octanol–water partition coefficient (Wildman–Crippen LogP) is 6.55. The Bertz CT molecular complexity index is 545. The maximum atomic E-state index is 5.91. The summed E-state index contributed by atoms with van der Waals surface area (Å²) in [5, 5.41) is 0.541. The van der Waals surface area contributed by atoms with Crippen LogP contribution in [0, 0.1) is 5.92 Å². The van der Waals surface area contributed by atoms with Crippen LogP contribution in [-0.2, 0) is 6.42 Å². The molecule has 1 aromatic carbocycles. The second-order valence-electron chi connectivity index (χ2n) is 5.92. The summed E-state index contributed by atoms with van der Waals surface area (Å²) >= 11 is 1.88. The van der Waals surface area contributed by atoms with Crippen LogP contribution in [0.5, 0.6) is 5.75 Å². The van der Waals surface area contributed by atoms with Crippen molar-refractivity contribution < 1.29 is 4.74 Å². The van der Waals surface area contributed by atoms with Crippen LogP contribution >= 0.6 is 11.8 Å². The van der Waals surface area contributed by atoms with Crippen LogP contribution in [0.15, 0.2) is 49.1 Å². The molecule has 0 saturated carbocycles. The third-order valence-electron chi connectivity index (χ3n) is 4.12. The maximum absolute atomic E-state index is 5.91. The largest absolute Gasteiger partial charge is 0.493 e. The molecule has 0 fully saturated rings. The Morgan fingerprint density at radius 3 is 2.67 bits per heavy atom. The molecular formula is C22H32OS. The smallest absolute Gasteiger partial charge is 0.122 e. The van der Waals surface area contributed by atoms with Crippen LogP contribution in [0.2, 0.25) is 0 Å². The molecule has 0 spiro atoms. The fraction of sp³-hybridized carbons (Fsp3) is 0.455. The summed E-state index contributed by atoms with van der Waals surface area (Å²) in [6, 6.07) is 6.51. The van der Waals surface area contributed by atoms with Gasteiger partial charge < -0.3 is 4.74 Å². The van der Waals surface area contributed by atoms with Crippen LogP contribution in [0.1, 0.15) is 44.7 Å². The molecule has 1 aromatic rings. The van der Waals surface area contributed by atoms with E-state index in [9.17, 15) is 0 Å². The molecular weight excluding hydrogens is 312 g/mol. The molecule has 0 N–H and O–H groups in total. The standard InChI is InChI=1S/C22H32OS/c1-6-9-11-21(18(4)24-5)14-12-19-13-15-22(20(8-3)17-19)23-16-10-7-2/h6,9,11-15,17-18,21H,1,7-8,10,16H2,2-5H3/b11-9-,14-12+. The Morgan fingerprint density at radius 1 is 1.25 bits per heavy atom. The topological polar surface area (TPSA) is 9.23 Å². The minimum Gasteiger partial charge on any atom is -0.493 e. The van der Waals surface area contributed by atoms with E-state index in [2.05, 4.69) is 70.0 Å². The van der Waals surface area contributed by atoms with E-state index in [1.165, 1.54) is 11.1 Å². The lowest BCUT2D eigenvalue weighted by Gasteiger charge is -2.15. The van der Waals surface area contributed by atoms with Crippen LogP contribution in [0.3, 0.4) is 0 Å². The highest BCUT2D eigenvalue weighted by Gasteiger charge is 2.09. The normalized spacial score (nSPS) is 14.2. The first-order chi connectivity index (χ1) is 11.7. The third kappa shape index (κ3) is 7.00. The summed E-state index contributed by atoms with van der Waals surface area (Å²) in [6.45, 7) is 11.2. The second-order valence-corrected chi connectivity index (χ2v) is 7.14. The molecule has 0 radical (unpaired) electrons. The molecule has 0 aliphatic heterocycles. The molecule has 2 unspecified atom stereocenters. The van der Waals surface area contributed by atoms with Gasteiger partial charge >= 0.3 is 0 Å². The fourth-order valence-electron chi connectivity index (χ4n) is 2.41. The average Bonchev–Trinajstić information content (AvgIpc) is 2.62. The third-order valence-corrected chi connectivity index (χ3v) is 5.17. The van der Waals surface area contributed by atoms with Crippen molar-refractivity contribution in [3.63, 3.8) is 0 Å². The summed E-state index contributed by atoms with van der Waals surface area (Å²) < 4.78 is 5.91. The second kappa shape index (κ2) is 12.0. The van der Waals surface area contributed by atoms with Crippen LogP contribution < -0.4 is 4.74 Å². The van der Waals surface area contributed by atoms with E-state index in [1.807, 2.05) is 23.9 Å². The van der Waals surface area contributed by atoms with Gasteiger partial charge in [-0.2, -0.15) is 11.8 Å². The number of allylic oxidation sites excluding steroid dienone is 4. The number of hydrogen-bond acceptors (Lipinski definition) is 2. The lowest BCUT2D eigenvalue weighted by Crippen LogP contribution is -2.07. The lowest BCUT2D eigenvalue weighted by molar-refractivity contribution is 0.306. The van der Waals surface area contributed by atoms with E-state index in [0.717, 1.165) is 31.6 Å². The van der Waals surface area contributed by atoms with E-state index in [0.29, 0.717) is 11.2 Å². The summed E-state index contributed by atoms with van der Waals surface area (Å²) in [6.07, 6.45) is 16.0. The molecule has 0 aliphatic rings. The summed E-state index contributed by atoms with van der Waals surface area (Å²) in [7, 11) is 0. The lowest BCUT2D eigenvalue weighted by atomic mass is 10.0. The molecule has 132 valence electrons. The molecule has 0 saturated heterocycles. The van der Waals surface area contributed by atoms with Gasteiger partial charge in [0.15, 0.2) is 0 Å². The molecule has 2 heteroatoms. The van der Waals surface area contributed by atoms with Gasteiger partial charge in [0.25, 0.3) is 0 Å². The minimum absolute atomic E-state index is 0.406. The summed E-state index contributed by atoms with van der Waals surface area (Å²) in [5.74, 6) is 1.44. The molecule has 0 heterocycles. The highest BCUT2D eigenvalue weighted by atomic mass is 32.2. The van der Waals surface area contributed by atoms with Crippen molar-refractivity contribution in [2.24, 2.45) is 5.92 Å². The average molecular weight is 345 g/mol. The zero-order valence-electron chi connectivity index (χ0n) is 15.6. The Labute approximate surface area is 152 Å². The number of benzene rings is 1. The Kier molecular flexibility index (Phi) is 10.3. The SMILES string of the molecule is C=C/C=C\C(/C=C/c1ccc(OCCCC)c(CC)c1)C(C)SC. The van der Waals surface area contributed by atoms with Crippen molar-refractivity contribution >= 4 is 17.8 Å². The van der Waals surface area contributed by atoms with E-state index in [-0.39, 0.29) is 0 Å². The zero-order valence-corrected chi connectivity index (χ0v) is 16.4. The van der Waals surface area contributed by atoms with Crippen LogP contribution in [-0.4, -0.2) is 18.1 Å². The number of thioether (sulfide) groups is 1. The van der Waals surface area contributed by atoms with Gasteiger partial charge in [0, 0.05) is 11.2 Å². The van der Waals surface area contributed by atoms with Crippen LogP contribution in [0.4, 0.5) is 0 Å². The number of ether oxygens (including phenoxy) is 1. The number of rotatable bonds is 11. The predicted molar refractivity (Wildman–Crippen MR) is 111 cm³/mol. The first kappa shape index (κ1) is 20.6. The van der Waals surface area contributed by atoms with Gasteiger partial charge in [-0.1, -0.05) is 70.2 Å². The molecule has 0 bridgehead atoms. The van der Waals surface area contributed by atoms with E-state index in [1.54, 1.807) is 0 Å². The molecule has 1 nitrogen and oxygen atoms in total. The highest BCUT2D eigenvalue weighted by molar-refractivity contribution is 7.99. The zero-order chi connectivity index (χ0) is 17.8. The van der Waals surface area contributed by atoms with Gasteiger partial charge in [0.05, 0.1) is 6.61 Å². The van der Waals surface area contributed by atoms with Crippen molar-refractivity contribution in [3.8, 4) is 5.75 Å². The summed E-state index contributed by atoms with van der Waals surface area (Å²) in [4.78, 5) is 0. The molecule has 2 atom stereocenters. The minimum atomic E-state index is 0.406. The van der Waals surface area contributed by atoms with E-state index in [4.69, 9.17) is 4.74 Å². The van der Waals surface area contributed by atoms with Crippen LogP contribution in [0.25, 0.3) is 6.08 Å². The molecule has 0 aliphatic carbocycles. The fourth-order valence-corrected chi connectivity index (χ4v) is 2.91. The van der Waals surface area contributed by atoms with Gasteiger partial charge in [-0.25, -0.2) is 0 Å². The van der Waals surface area contributed by atoms with E-state index >= 15 is 0 Å². The molecule has 0 aromatic heterocycles. The monoisotopic (exact) mass is 344 g/mol. The quantitative estimate of drug-likeness (QED) is 0.332. The Morgan fingerprint density at radius 2 is 2.04 bits per heavy atom. The number of aryl methyl sites for hydroxylation is 1. The molecule has 0 amide bonds.